The predicted molar refractivity (Wildman–Crippen MR) is 88.8 cm³/mol. The molecular weight excluding hydrogens is 349 g/mol. The van der Waals surface area contributed by atoms with E-state index in [-0.39, 0.29) is 5.82 Å². The van der Waals surface area contributed by atoms with Gasteiger partial charge in [-0.3, -0.25) is 4.99 Å². The Morgan fingerprint density at radius 2 is 2.09 bits per heavy atom. The van der Waals surface area contributed by atoms with E-state index in [1.54, 1.807) is 30.3 Å². The number of hydrogen-bond donors (Lipinski definition) is 0. The van der Waals surface area contributed by atoms with Crippen LogP contribution in [0.2, 0.25) is 0 Å². The second-order valence-electron chi connectivity index (χ2n) is 4.38. The lowest BCUT2D eigenvalue weighted by atomic mass is 10.2. The van der Waals surface area contributed by atoms with Crippen LogP contribution in [-0.2, 0) is 9.53 Å². The fourth-order valence-corrected chi connectivity index (χ4v) is 2.02. The number of hydrogen-bond acceptors (Lipinski definition) is 3. The maximum Gasteiger partial charge on any atom is 0.330 e. The number of aliphatic imine (C=N–C) groups is 1. The molecule has 0 heterocycles. The van der Waals surface area contributed by atoms with E-state index in [1.165, 1.54) is 25.5 Å². The van der Waals surface area contributed by atoms with E-state index in [0.717, 1.165) is 5.56 Å². The van der Waals surface area contributed by atoms with Crippen molar-refractivity contribution in [2.45, 2.75) is 0 Å². The summed E-state index contributed by atoms with van der Waals surface area (Å²) in [5, 5.41) is 0. The average molecular weight is 362 g/mol. The third kappa shape index (κ3) is 4.63. The Balaban J connectivity index is 2.18. The van der Waals surface area contributed by atoms with Gasteiger partial charge in [-0.15, -0.1) is 0 Å². The summed E-state index contributed by atoms with van der Waals surface area (Å²) in [7, 11) is 1.32. The SMILES string of the molecule is COC(=O)C=Cc1cccc(N=Cc2ccc(Br)cc2F)c1. The van der Waals surface area contributed by atoms with Crippen molar-refractivity contribution in [3.8, 4) is 0 Å². The Morgan fingerprint density at radius 3 is 2.82 bits per heavy atom. The molecule has 0 spiro atoms. The quantitative estimate of drug-likeness (QED) is 0.456. The van der Waals surface area contributed by atoms with Crippen molar-refractivity contribution in [3.05, 3.63) is 70.0 Å². The van der Waals surface area contributed by atoms with Crippen LogP contribution < -0.4 is 0 Å². The molecule has 22 heavy (non-hydrogen) atoms. The zero-order chi connectivity index (χ0) is 15.9. The van der Waals surface area contributed by atoms with Crippen molar-refractivity contribution >= 4 is 39.9 Å². The molecule has 0 fully saturated rings. The molecule has 0 aliphatic heterocycles. The minimum Gasteiger partial charge on any atom is -0.466 e. The average Bonchev–Trinajstić information content (AvgIpc) is 2.52. The summed E-state index contributed by atoms with van der Waals surface area (Å²) in [6.45, 7) is 0. The molecule has 3 nitrogen and oxygen atoms in total. The molecule has 2 aromatic carbocycles. The molecule has 0 saturated carbocycles. The number of ether oxygens (including phenoxy) is 1. The number of nitrogens with zero attached hydrogens (tertiary/aromatic N) is 1. The van der Waals surface area contributed by atoms with Crippen molar-refractivity contribution in [1.82, 2.24) is 0 Å². The molecule has 2 rings (SSSR count). The van der Waals surface area contributed by atoms with Gasteiger partial charge < -0.3 is 4.74 Å². The van der Waals surface area contributed by atoms with Gasteiger partial charge in [-0.1, -0.05) is 28.1 Å². The maximum atomic E-state index is 13.7. The van der Waals surface area contributed by atoms with E-state index < -0.39 is 5.97 Å². The Kier molecular flexibility index (Phi) is 5.61. The van der Waals surface area contributed by atoms with Gasteiger partial charge in [0.2, 0.25) is 0 Å². The van der Waals surface area contributed by atoms with E-state index in [1.807, 2.05) is 12.1 Å². The van der Waals surface area contributed by atoms with Gasteiger partial charge in [-0.25, -0.2) is 9.18 Å². The topological polar surface area (TPSA) is 38.7 Å². The molecular formula is C17H13BrFNO2. The highest BCUT2D eigenvalue weighted by molar-refractivity contribution is 9.10. The van der Waals surface area contributed by atoms with Crippen LogP contribution in [0, 0.1) is 5.82 Å². The summed E-state index contributed by atoms with van der Waals surface area (Å²) in [6, 6.07) is 12.0. The van der Waals surface area contributed by atoms with E-state index in [9.17, 15) is 9.18 Å². The first-order chi connectivity index (χ1) is 10.6. The maximum absolute atomic E-state index is 13.7. The Morgan fingerprint density at radius 1 is 1.27 bits per heavy atom. The first-order valence-electron chi connectivity index (χ1n) is 6.44. The van der Waals surface area contributed by atoms with Crippen LogP contribution >= 0.6 is 15.9 Å². The first-order valence-corrected chi connectivity index (χ1v) is 7.23. The lowest BCUT2D eigenvalue weighted by Gasteiger charge is -1.99. The fourth-order valence-electron chi connectivity index (χ4n) is 1.69. The molecule has 0 aliphatic carbocycles. The summed E-state index contributed by atoms with van der Waals surface area (Å²) in [6.07, 6.45) is 4.42. The lowest BCUT2D eigenvalue weighted by Crippen LogP contribution is -1.93. The summed E-state index contributed by atoms with van der Waals surface area (Å²) in [5.74, 6) is -0.772. The third-order valence-corrected chi connectivity index (χ3v) is 3.29. The Labute approximate surface area is 136 Å². The summed E-state index contributed by atoms with van der Waals surface area (Å²) >= 11 is 3.21. The van der Waals surface area contributed by atoms with Crippen LogP contribution in [0.3, 0.4) is 0 Å². The van der Waals surface area contributed by atoms with Crippen LogP contribution in [0.5, 0.6) is 0 Å². The van der Waals surface area contributed by atoms with E-state index in [0.29, 0.717) is 15.7 Å². The van der Waals surface area contributed by atoms with Crippen molar-refractivity contribution in [3.63, 3.8) is 0 Å². The van der Waals surface area contributed by atoms with Crippen molar-refractivity contribution in [2.24, 2.45) is 4.99 Å². The number of rotatable bonds is 4. The minimum absolute atomic E-state index is 0.347. The highest BCUT2D eigenvalue weighted by atomic mass is 79.9. The van der Waals surface area contributed by atoms with Gasteiger partial charge >= 0.3 is 5.97 Å². The second kappa shape index (κ2) is 7.66. The van der Waals surface area contributed by atoms with Gasteiger partial charge in [-0.05, 0) is 42.0 Å². The van der Waals surface area contributed by atoms with Crippen molar-refractivity contribution in [2.75, 3.05) is 7.11 Å². The highest BCUT2D eigenvalue weighted by Gasteiger charge is 2.00. The molecule has 0 saturated heterocycles. The van der Waals surface area contributed by atoms with Gasteiger partial charge in [-0.2, -0.15) is 0 Å². The molecule has 2 aromatic rings. The van der Waals surface area contributed by atoms with Crippen LogP contribution in [-0.4, -0.2) is 19.3 Å². The van der Waals surface area contributed by atoms with Gasteiger partial charge in [0, 0.05) is 22.3 Å². The molecule has 112 valence electrons. The lowest BCUT2D eigenvalue weighted by molar-refractivity contribution is -0.134. The van der Waals surface area contributed by atoms with Crippen molar-refractivity contribution < 1.29 is 13.9 Å². The molecule has 0 radical (unpaired) electrons. The largest absolute Gasteiger partial charge is 0.466 e. The molecule has 0 bridgehead atoms. The van der Waals surface area contributed by atoms with E-state index in [4.69, 9.17) is 0 Å². The van der Waals surface area contributed by atoms with Gasteiger partial charge in [0.1, 0.15) is 5.82 Å². The fraction of sp³-hybridized carbons (Fsp3) is 0.0588. The summed E-state index contributed by atoms with van der Waals surface area (Å²) < 4.78 is 18.9. The summed E-state index contributed by atoms with van der Waals surface area (Å²) in [4.78, 5) is 15.3. The van der Waals surface area contributed by atoms with Gasteiger partial charge in [0.05, 0.1) is 12.8 Å². The number of carbonyl (C=O) groups is 1. The molecule has 5 heteroatoms. The number of carbonyl (C=O) groups excluding carboxylic acids is 1. The molecule has 0 aromatic heterocycles. The van der Waals surface area contributed by atoms with Gasteiger partial charge in [0.25, 0.3) is 0 Å². The van der Waals surface area contributed by atoms with E-state index in [2.05, 4.69) is 25.7 Å². The molecule has 0 unspecified atom stereocenters. The molecule has 0 atom stereocenters. The van der Waals surface area contributed by atoms with Crippen LogP contribution in [0.1, 0.15) is 11.1 Å². The summed E-state index contributed by atoms with van der Waals surface area (Å²) in [5.41, 5.74) is 1.87. The van der Waals surface area contributed by atoms with Gasteiger partial charge in [0.15, 0.2) is 0 Å². The minimum atomic E-state index is -0.425. The highest BCUT2D eigenvalue weighted by Crippen LogP contribution is 2.17. The first kappa shape index (κ1) is 16.1. The molecule has 0 aliphatic rings. The number of methoxy groups -OCH3 is 1. The Bertz CT molecular complexity index is 741. The van der Waals surface area contributed by atoms with E-state index >= 15 is 0 Å². The normalized spacial score (nSPS) is 11.2. The Hall–Kier alpha value is -2.27. The number of benzene rings is 2. The molecule has 0 amide bonds. The number of halogens is 2. The van der Waals surface area contributed by atoms with Crippen LogP contribution in [0.4, 0.5) is 10.1 Å². The number of esters is 1. The smallest absolute Gasteiger partial charge is 0.330 e. The second-order valence-corrected chi connectivity index (χ2v) is 5.29. The molecule has 0 N–H and O–H groups in total. The standard InChI is InChI=1S/C17H13BrFNO2/c1-22-17(21)8-5-12-3-2-4-15(9-12)20-11-13-6-7-14(18)10-16(13)19/h2-11H,1H3. The zero-order valence-corrected chi connectivity index (χ0v) is 13.4. The predicted octanol–water partition coefficient (Wildman–Crippen LogP) is 4.53. The monoisotopic (exact) mass is 361 g/mol. The van der Waals surface area contributed by atoms with Crippen LogP contribution in [0.25, 0.3) is 6.08 Å². The van der Waals surface area contributed by atoms with Crippen molar-refractivity contribution in [1.29, 1.82) is 0 Å². The zero-order valence-electron chi connectivity index (χ0n) is 11.8. The van der Waals surface area contributed by atoms with Crippen LogP contribution in [0.15, 0.2) is 58.0 Å². The third-order valence-electron chi connectivity index (χ3n) is 2.80.